The molecule has 0 saturated carbocycles. The summed E-state index contributed by atoms with van der Waals surface area (Å²) >= 11 is 12.4. The summed E-state index contributed by atoms with van der Waals surface area (Å²) in [7, 11) is 0. The number of hydrogen-bond acceptors (Lipinski definition) is 2. The summed E-state index contributed by atoms with van der Waals surface area (Å²) in [5.74, 6) is 0.174. The second-order valence-corrected chi connectivity index (χ2v) is 8.98. The summed E-state index contributed by atoms with van der Waals surface area (Å²) < 4.78 is 2.06. The summed E-state index contributed by atoms with van der Waals surface area (Å²) in [6, 6.07) is 20.5. The van der Waals surface area contributed by atoms with E-state index in [2.05, 4.69) is 10.6 Å². The molecule has 0 radical (unpaired) electrons. The Hall–Kier alpha value is -2.95. The number of amides is 1. The van der Waals surface area contributed by atoms with Gasteiger partial charge >= 0.3 is 0 Å². The third kappa shape index (κ3) is 3.85. The molecule has 3 aromatic carbocycles. The van der Waals surface area contributed by atoms with Crippen LogP contribution in [0, 0.1) is 0 Å². The normalized spacial score (nSPS) is 15.7. The van der Waals surface area contributed by atoms with Crippen LogP contribution in [0.2, 0.25) is 10.0 Å². The highest BCUT2D eigenvalue weighted by atomic mass is 35.5. The van der Waals surface area contributed by atoms with Gasteiger partial charge in [-0.3, -0.25) is 4.79 Å². The number of fused-ring (bicyclic) bond motifs is 2. The minimum absolute atomic E-state index is 0.0350. The molecule has 6 heteroatoms. The lowest BCUT2D eigenvalue weighted by molar-refractivity contribution is -0.133. The summed E-state index contributed by atoms with van der Waals surface area (Å²) in [6.07, 6.45) is 3.11. The summed E-state index contributed by atoms with van der Waals surface area (Å²) in [5.41, 5.74) is 3.88. The van der Waals surface area contributed by atoms with Crippen LogP contribution in [0.3, 0.4) is 0 Å². The molecule has 5 rings (SSSR count). The van der Waals surface area contributed by atoms with Crippen LogP contribution in [-0.2, 0) is 17.8 Å². The zero-order chi connectivity index (χ0) is 22.2. The molecule has 1 aliphatic heterocycles. The molecule has 2 heterocycles. The molecule has 32 heavy (non-hydrogen) atoms. The Bertz CT molecular complexity index is 1310. The molecule has 1 N–H and O–H groups in total. The van der Waals surface area contributed by atoms with Crippen LogP contribution in [-0.4, -0.2) is 27.0 Å². The van der Waals surface area contributed by atoms with E-state index in [1.54, 1.807) is 18.2 Å². The number of benzene rings is 3. The summed E-state index contributed by atoms with van der Waals surface area (Å²) in [5, 5.41) is 12.9. The number of aryl methyl sites for hydroxylation is 1. The average Bonchev–Trinajstić information content (AvgIpc) is 3.20. The van der Waals surface area contributed by atoms with Crippen LogP contribution in [0.1, 0.15) is 29.2 Å². The molecular formula is C26H22Cl2N2O2. The van der Waals surface area contributed by atoms with Crippen molar-refractivity contribution >= 4 is 40.0 Å². The minimum atomic E-state index is -0.373. The van der Waals surface area contributed by atoms with Crippen LogP contribution in [0.25, 0.3) is 10.9 Å². The molecule has 0 bridgehead atoms. The van der Waals surface area contributed by atoms with Gasteiger partial charge in [0.25, 0.3) is 0 Å². The van der Waals surface area contributed by atoms with Crippen molar-refractivity contribution in [2.24, 2.45) is 0 Å². The van der Waals surface area contributed by atoms with Crippen LogP contribution >= 0.6 is 23.2 Å². The van der Waals surface area contributed by atoms with Crippen molar-refractivity contribution in [1.29, 1.82) is 0 Å². The molecule has 1 unspecified atom stereocenters. The van der Waals surface area contributed by atoms with Gasteiger partial charge in [0.2, 0.25) is 5.91 Å². The molecule has 1 amide bonds. The molecule has 162 valence electrons. The van der Waals surface area contributed by atoms with Gasteiger partial charge in [0, 0.05) is 46.8 Å². The van der Waals surface area contributed by atoms with Crippen molar-refractivity contribution in [3.63, 3.8) is 0 Å². The Morgan fingerprint density at radius 2 is 1.75 bits per heavy atom. The smallest absolute Gasteiger partial charge is 0.225 e. The van der Waals surface area contributed by atoms with Gasteiger partial charge in [-0.1, -0.05) is 53.5 Å². The standard InChI is InChI=1S/C26H22Cl2N2O2/c27-19-7-8-24(31)22(15-19)26-21-4-2-1-3-17(21)10-14-30(26)25(32)11-13-29-12-9-18-5-6-20(28)16-23(18)29/h1-9,12,15-16,26,31H,10-11,13-14H2. The number of halogens is 2. The molecule has 1 aromatic heterocycles. The Morgan fingerprint density at radius 1 is 0.969 bits per heavy atom. The molecule has 0 saturated heterocycles. The number of phenolic OH excluding ortho intramolecular Hbond substituents is 1. The maximum atomic E-state index is 13.5. The first kappa shape index (κ1) is 20.9. The van der Waals surface area contributed by atoms with Crippen molar-refractivity contribution in [3.8, 4) is 5.75 Å². The van der Waals surface area contributed by atoms with E-state index in [9.17, 15) is 9.90 Å². The van der Waals surface area contributed by atoms with E-state index < -0.39 is 0 Å². The van der Waals surface area contributed by atoms with Crippen LogP contribution < -0.4 is 0 Å². The number of rotatable bonds is 4. The lowest BCUT2D eigenvalue weighted by Crippen LogP contribution is -2.41. The molecule has 4 aromatic rings. The van der Waals surface area contributed by atoms with Gasteiger partial charge in [0.05, 0.1) is 6.04 Å². The average molecular weight is 465 g/mol. The fraction of sp³-hybridized carbons (Fsp3) is 0.192. The zero-order valence-electron chi connectivity index (χ0n) is 17.3. The fourth-order valence-corrected chi connectivity index (χ4v) is 4.97. The zero-order valence-corrected chi connectivity index (χ0v) is 18.9. The van der Waals surface area contributed by atoms with Gasteiger partial charge in [0.15, 0.2) is 0 Å². The predicted octanol–water partition coefficient (Wildman–Crippen LogP) is 6.22. The Labute approximate surface area is 196 Å². The number of aromatic nitrogens is 1. The van der Waals surface area contributed by atoms with E-state index in [0.717, 1.165) is 22.9 Å². The number of aromatic hydroxyl groups is 1. The topological polar surface area (TPSA) is 45.5 Å². The van der Waals surface area contributed by atoms with Gasteiger partial charge in [-0.25, -0.2) is 0 Å². The molecule has 0 spiro atoms. The van der Waals surface area contributed by atoms with E-state index >= 15 is 0 Å². The van der Waals surface area contributed by atoms with Crippen molar-refractivity contribution in [2.45, 2.75) is 25.4 Å². The second kappa shape index (κ2) is 8.53. The fourth-order valence-electron chi connectivity index (χ4n) is 4.63. The van der Waals surface area contributed by atoms with Crippen LogP contribution in [0.5, 0.6) is 5.75 Å². The van der Waals surface area contributed by atoms with Crippen molar-refractivity contribution < 1.29 is 9.90 Å². The summed E-state index contributed by atoms with van der Waals surface area (Å²) in [6.45, 7) is 1.14. The van der Waals surface area contributed by atoms with Gasteiger partial charge < -0.3 is 14.6 Å². The SMILES string of the molecule is O=C(CCn1ccc2ccc(Cl)cc21)N1CCc2ccccc2C1c1cc(Cl)ccc1O. The third-order valence-electron chi connectivity index (χ3n) is 6.19. The monoisotopic (exact) mass is 464 g/mol. The van der Waals surface area contributed by atoms with E-state index in [-0.39, 0.29) is 17.7 Å². The minimum Gasteiger partial charge on any atom is -0.508 e. The highest BCUT2D eigenvalue weighted by Crippen LogP contribution is 2.40. The van der Waals surface area contributed by atoms with E-state index in [4.69, 9.17) is 23.2 Å². The highest BCUT2D eigenvalue weighted by Gasteiger charge is 2.33. The number of hydrogen-bond donors (Lipinski definition) is 1. The first-order chi connectivity index (χ1) is 15.5. The van der Waals surface area contributed by atoms with E-state index in [1.807, 2.05) is 53.6 Å². The maximum Gasteiger partial charge on any atom is 0.225 e. The quantitative estimate of drug-likeness (QED) is 0.389. The number of carbonyl (C=O) groups is 1. The van der Waals surface area contributed by atoms with Gasteiger partial charge in [-0.15, -0.1) is 0 Å². The molecule has 1 atom stereocenters. The van der Waals surface area contributed by atoms with Crippen molar-refractivity contribution in [1.82, 2.24) is 9.47 Å². The lowest BCUT2D eigenvalue weighted by Gasteiger charge is -2.38. The molecule has 0 aliphatic carbocycles. The highest BCUT2D eigenvalue weighted by molar-refractivity contribution is 6.31. The Balaban J connectivity index is 1.46. The molecule has 1 aliphatic rings. The van der Waals surface area contributed by atoms with Gasteiger partial charge in [-0.2, -0.15) is 0 Å². The second-order valence-electron chi connectivity index (χ2n) is 8.10. The number of carbonyl (C=O) groups excluding carboxylic acids is 1. The Morgan fingerprint density at radius 3 is 2.62 bits per heavy atom. The molecular weight excluding hydrogens is 443 g/mol. The van der Waals surface area contributed by atoms with Crippen molar-refractivity contribution in [2.75, 3.05) is 6.54 Å². The predicted molar refractivity (Wildman–Crippen MR) is 128 cm³/mol. The van der Waals surface area contributed by atoms with Crippen LogP contribution in [0.4, 0.5) is 0 Å². The lowest BCUT2D eigenvalue weighted by atomic mass is 9.87. The van der Waals surface area contributed by atoms with E-state index in [1.165, 1.54) is 5.56 Å². The third-order valence-corrected chi connectivity index (χ3v) is 6.66. The van der Waals surface area contributed by atoms with Crippen molar-refractivity contribution in [3.05, 3.63) is 99.7 Å². The number of phenols is 1. The first-order valence-corrected chi connectivity index (χ1v) is 11.4. The Kier molecular flexibility index (Phi) is 5.58. The summed E-state index contributed by atoms with van der Waals surface area (Å²) in [4.78, 5) is 15.3. The van der Waals surface area contributed by atoms with Crippen LogP contribution in [0.15, 0.2) is 72.9 Å². The maximum absolute atomic E-state index is 13.5. The number of nitrogens with zero attached hydrogens (tertiary/aromatic N) is 2. The van der Waals surface area contributed by atoms with E-state index in [0.29, 0.717) is 35.1 Å². The van der Waals surface area contributed by atoms with Gasteiger partial charge in [0.1, 0.15) is 5.75 Å². The molecule has 0 fully saturated rings. The van der Waals surface area contributed by atoms with Gasteiger partial charge in [-0.05, 0) is 59.3 Å². The largest absolute Gasteiger partial charge is 0.508 e. The molecule has 4 nitrogen and oxygen atoms in total. The first-order valence-electron chi connectivity index (χ1n) is 10.6.